The number of nitrogens with zero attached hydrogens (tertiary/aromatic N) is 2. The molecule has 0 bridgehead atoms. The van der Waals surface area contributed by atoms with Crippen molar-refractivity contribution in [1.29, 1.82) is 0 Å². The van der Waals surface area contributed by atoms with Gasteiger partial charge < -0.3 is 14.8 Å². The van der Waals surface area contributed by atoms with Crippen molar-refractivity contribution in [1.82, 2.24) is 9.88 Å². The standard InChI is InChI=1S/C17H18FN3O2/c18-14-3-1-2-13(10-14)11-17(23)21-8-6-20(7-9-21)15-4-5-16(22)19-12-15/h1-5,10,12H,6-9,11H2,(H,19,22). The van der Waals surface area contributed by atoms with E-state index in [0.29, 0.717) is 31.7 Å². The second kappa shape index (κ2) is 6.64. The van der Waals surface area contributed by atoms with Crippen LogP contribution < -0.4 is 10.5 Å². The van der Waals surface area contributed by atoms with Crippen LogP contribution in [0.25, 0.3) is 0 Å². The maximum absolute atomic E-state index is 13.2. The van der Waals surface area contributed by atoms with E-state index >= 15 is 0 Å². The number of hydrogen-bond donors (Lipinski definition) is 1. The number of rotatable bonds is 3. The van der Waals surface area contributed by atoms with Gasteiger partial charge in [-0.25, -0.2) is 4.39 Å². The van der Waals surface area contributed by atoms with E-state index in [0.717, 1.165) is 5.69 Å². The number of benzene rings is 1. The summed E-state index contributed by atoms with van der Waals surface area (Å²) < 4.78 is 13.2. The highest BCUT2D eigenvalue weighted by molar-refractivity contribution is 5.79. The van der Waals surface area contributed by atoms with Gasteiger partial charge in [0.2, 0.25) is 11.5 Å². The lowest BCUT2D eigenvalue weighted by Crippen LogP contribution is -2.49. The van der Waals surface area contributed by atoms with Crippen LogP contribution >= 0.6 is 0 Å². The average Bonchev–Trinajstić information content (AvgIpc) is 2.56. The van der Waals surface area contributed by atoms with Crippen molar-refractivity contribution < 1.29 is 9.18 Å². The van der Waals surface area contributed by atoms with E-state index in [2.05, 4.69) is 9.88 Å². The van der Waals surface area contributed by atoms with Gasteiger partial charge in [0, 0.05) is 38.4 Å². The normalized spacial score (nSPS) is 14.8. The molecule has 1 aliphatic rings. The summed E-state index contributed by atoms with van der Waals surface area (Å²) in [6.45, 7) is 2.66. The fourth-order valence-corrected chi connectivity index (χ4v) is 2.75. The largest absolute Gasteiger partial charge is 0.367 e. The number of aromatic amines is 1. The number of halogens is 1. The molecule has 120 valence electrons. The number of aromatic nitrogens is 1. The zero-order valence-corrected chi connectivity index (χ0v) is 12.7. The lowest BCUT2D eigenvalue weighted by atomic mass is 10.1. The number of carbonyl (C=O) groups is 1. The highest BCUT2D eigenvalue weighted by Crippen LogP contribution is 2.14. The minimum Gasteiger partial charge on any atom is -0.367 e. The molecule has 6 heteroatoms. The van der Waals surface area contributed by atoms with Crippen LogP contribution in [-0.2, 0) is 11.2 Å². The van der Waals surface area contributed by atoms with Crippen LogP contribution in [0.5, 0.6) is 0 Å². The fourth-order valence-electron chi connectivity index (χ4n) is 2.75. The quantitative estimate of drug-likeness (QED) is 0.931. The number of carbonyl (C=O) groups excluding carboxylic acids is 1. The molecule has 1 aliphatic heterocycles. The summed E-state index contributed by atoms with van der Waals surface area (Å²) in [5.41, 5.74) is 1.51. The molecule has 3 rings (SSSR count). The zero-order chi connectivity index (χ0) is 16.2. The molecule has 1 amide bonds. The Kier molecular flexibility index (Phi) is 4.41. The van der Waals surface area contributed by atoms with E-state index in [-0.39, 0.29) is 23.7 Å². The van der Waals surface area contributed by atoms with E-state index in [4.69, 9.17) is 0 Å². The minimum atomic E-state index is -0.321. The molecule has 1 N–H and O–H groups in total. The predicted octanol–water partition coefficient (Wildman–Crippen LogP) is 1.41. The molecule has 0 radical (unpaired) electrons. The van der Waals surface area contributed by atoms with Gasteiger partial charge in [-0.15, -0.1) is 0 Å². The highest BCUT2D eigenvalue weighted by atomic mass is 19.1. The van der Waals surface area contributed by atoms with Crippen LogP contribution in [0.15, 0.2) is 47.4 Å². The maximum Gasteiger partial charge on any atom is 0.248 e. The Morgan fingerprint density at radius 3 is 2.57 bits per heavy atom. The molecule has 2 heterocycles. The Labute approximate surface area is 133 Å². The topological polar surface area (TPSA) is 56.4 Å². The third-order valence-corrected chi connectivity index (χ3v) is 4.01. The second-order valence-corrected chi connectivity index (χ2v) is 5.59. The Hall–Kier alpha value is -2.63. The molecule has 0 saturated carbocycles. The van der Waals surface area contributed by atoms with Gasteiger partial charge in [0.1, 0.15) is 5.82 Å². The summed E-state index contributed by atoms with van der Waals surface area (Å²) >= 11 is 0. The SMILES string of the molecule is O=C(Cc1cccc(F)c1)N1CCN(c2ccc(=O)[nH]c2)CC1. The first kappa shape index (κ1) is 15.3. The van der Waals surface area contributed by atoms with Gasteiger partial charge in [-0.1, -0.05) is 12.1 Å². The fraction of sp³-hybridized carbons (Fsp3) is 0.294. The minimum absolute atomic E-state index is 0.0109. The summed E-state index contributed by atoms with van der Waals surface area (Å²) in [7, 11) is 0. The third-order valence-electron chi connectivity index (χ3n) is 4.01. The van der Waals surface area contributed by atoms with Crippen LogP contribution in [0.1, 0.15) is 5.56 Å². The van der Waals surface area contributed by atoms with Gasteiger partial charge in [0.05, 0.1) is 12.1 Å². The van der Waals surface area contributed by atoms with E-state index in [1.165, 1.54) is 18.2 Å². The van der Waals surface area contributed by atoms with E-state index < -0.39 is 0 Å². The van der Waals surface area contributed by atoms with Crippen molar-refractivity contribution in [3.63, 3.8) is 0 Å². The number of piperazine rings is 1. The molecule has 5 nitrogen and oxygen atoms in total. The highest BCUT2D eigenvalue weighted by Gasteiger charge is 2.21. The number of pyridine rings is 1. The van der Waals surface area contributed by atoms with Crippen molar-refractivity contribution >= 4 is 11.6 Å². The smallest absolute Gasteiger partial charge is 0.248 e. The molecule has 1 fully saturated rings. The van der Waals surface area contributed by atoms with Crippen LogP contribution in [0.4, 0.5) is 10.1 Å². The number of anilines is 1. The predicted molar refractivity (Wildman–Crippen MR) is 86.0 cm³/mol. The second-order valence-electron chi connectivity index (χ2n) is 5.59. The molecule has 2 aromatic rings. The van der Waals surface area contributed by atoms with Crippen molar-refractivity contribution in [2.45, 2.75) is 6.42 Å². The molecule has 1 aromatic heterocycles. The zero-order valence-electron chi connectivity index (χ0n) is 12.7. The van der Waals surface area contributed by atoms with Gasteiger partial charge >= 0.3 is 0 Å². The summed E-state index contributed by atoms with van der Waals surface area (Å²) in [6, 6.07) is 9.43. The Morgan fingerprint density at radius 1 is 1.13 bits per heavy atom. The summed E-state index contributed by atoms with van der Waals surface area (Å²) in [5, 5.41) is 0. The lowest BCUT2D eigenvalue weighted by Gasteiger charge is -2.36. The average molecular weight is 315 g/mol. The van der Waals surface area contributed by atoms with Gasteiger partial charge in [-0.2, -0.15) is 0 Å². The summed E-state index contributed by atoms with van der Waals surface area (Å²) in [5.74, 6) is -0.310. The molecular formula is C17H18FN3O2. The monoisotopic (exact) mass is 315 g/mol. The maximum atomic E-state index is 13.2. The first-order valence-electron chi connectivity index (χ1n) is 7.58. The number of nitrogens with one attached hydrogen (secondary N) is 1. The van der Waals surface area contributed by atoms with Gasteiger partial charge in [0.15, 0.2) is 0 Å². The molecule has 23 heavy (non-hydrogen) atoms. The van der Waals surface area contributed by atoms with Crippen molar-refractivity contribution in [3.05, 3.63) is 64.3 Å². The lowest BCUT2D eigenvalue weighted by molar-refractivity contribution is -0.130. The Bertz CT molecular complexity index is 731. The number of H-pyrrole nitrogens is 1. The van der Waals surface area contributed by atoms with Crippen LogP contribution in [0.2, 0.25) is 0 Å². The van der Waals surface area contributed by atoms with Gasteiger partial charge in [-0.05, 0) is 23.8 Å². The molecule has 0 spiro atoms. The van der Waals surface area contributed by atoms with Crippen LogP contribution in [0.3, 0.4) is 0 Å². The first-order valence-corrected chi connectivity index (χ1v) is 7.58. The molecule has 0 unspecified atom stereocenters. The number of amides is 1. The third kappa shape index (κ3) is 3.77. The van der Waals surface area contributed by atoms with E-state index in [1.807, 2.05) is 0 Å². The van der Waals surface area contributed by atoms with Crippen LogP contribution in [0, 0.1) is 5.82 Å². The van der Waals surface area contributed by atoms with E-state index in [9.17, 15) is 14.0 Å². The number of hydrogen-bond acceptors (Lipinski definition) is 3. The molecule has 1 saturated heterocycles. The Morgan fingerprint density at radius 2 is 1.91 bits per heavy atom. The van der Waals surface area contributed by atoms with E-state index in [1.54, 1.807) is 29.3 Å². The summed E-state index contributed by atoms with van der Waals surface area (Å²) in [6.07, 6.45) is 1.91. The first-order chi connectivity index (χ1) is 11.1. The van der Waals surface area contributed by atoms with Gasteiger partial charge in [0.25, 0.3) is 0 Å². The molecule has 1 aromatic carbocycles. The molecule has 0 aliphatic carbocycles. The molecule has 0 atom stereocenters. The molecular weight excluding hydrogens is 297 g/mol. The van der Waals surface area contributed by atoms with Crippen molar-refractivity contribution in [3.8, 4) is 0 Å². The van der Waals surface area contributed by atoms with Gasteiger partial charge in [-0.3, -0.25) is 9.59 Å². The van der Waals surface area contributed by atoms with Crippen LogP contribution in [-0.4, -0.2) is 42.0 Å². The summed E-state index contributed by atoms with van der Waals surface area (Å²) in [4.78, 5) is 30.0. The van der Waals surface area contributed by atoms with Crippen molar-refractivity contribution in [2.75, 3.05) is 31.1 Å². The Balaban J connectivity index is 1.57. The van der Waals surface area contributed by atoms with Crippen molar-refractivity contribution in [2.24, 2.45) is 0 Å².